The molecule has 0 saturated carbocycles. The number of nitrogens with zero attached hydrogens (tertiary/aromatic N) is 2. The zero-order chi connectivity index (χ0) is 8.97. The number of carbonyl (C=O) groups excluding carboxylic acids is 1. The van der Waals surface area contributed by atoms with E-state index in [1.807, 2.05) is 6.92 Å². The fourth-order valence-electron chi connectivity index (χ4n) is 0.711. The molecule has 0 spiro atoms. The molecule has 1 aliphatic heterocycles. The number of rotatable bonds is 3. The molecule has 0 aliphatic carbocycles. The van der Waals surface area contributed by atoms with Gasteiger partial charge < -0.3 is 4.74 Å². The molecule has 66 valence electrons. The molecule has 0 aromatic carbocycles. The second kappa shape index (κ2) is 4.21. The number of hydrogen-bond acceptors (Lipinski definition) is 3. The minimum Gasteiger partial charge on any atom is -0.494 e. The third-order valence-electron chi connectivity index (χ3n) is 1.28. The molecule has 0 aromatic rings. The Labute approximate surface area is 75.3 Å². The number of alkyl halides is 1. The highest BCUT2D eigenvalue weighted by Gasteiger charge is 2.24. The minimum atomic E-state index is -0.797. The van der Waals surface area contributed by atoms with Gasteiger partial charge in [0.1, 0.15) is 5.76 Å². The predicted octanol–water partition coefficient (Wildman–Crippen LogP) is 1.85. The Morgan fingerprint density at radius 3 is 3.17 bits per heavy atom. The third kappa shape index (κ3) is 2.04. The van der Waals surface area contributed by atoms with Crippen LogP contribution in [-0.4, -0.2) is 17.9 Å². The van der Waals surface area contributed by atoms with Gasteiger partial charge >= 0.3 is 0 Å². The number of carbonyl (C=O) groups is 1. The van der Waals surface area contributed by atoms with Crippen LogP contribution in [0.3, 0.4) is 0 Å². The standard InChI is InChI=1S/C7H9ClN2O2/c1-2-3-12-5-4-9-10-7(11)6(5)8/h4,6H,2-3H2,1H3. The highest BCUT2D eigenvalue weighted by atomic mass is 35.5. The molecule has 1 heterocycles. The van der Waals surface area contributed by atoms with Crippen molar-refractivity contribution in [1.29, 1.82) is 0 Å². The maximum absolute atomic E-state index is 10.9. The van der Waals surface area contributed by atoms with Crippen molar-refractivity contribution in [3.05, 3.63) is 12.0 Å². The highest BCUT2D eigenvalue weighted by Crippen LogP contribution is 2.17. The minimum absolute atomic E-state index is 0.388. The Kier molecular flexibility index (Phi) is 3.22. The van der Waals surface area contributed by atoms with Gasteiger partial charge in [0.15, 0.2) is 5.38 Å². The molecule has 1 atom stereocenters. The van der Waals surface area contributed by atoms with Crippen LogP contribution in [0.1, 0.15) is 13.3 Å². The molecule has 0 bridgehead atoms. The molecule has 4 nitrogen and oxygen atoms in total. The molecule has 0 aromatic heterocycles. The normalized spacial score (nSPS) is 22.3. The third-order valence-corrected chi connectivity index (χ3v) is 1.68. The molecule has 12 heavy (non-hydrogen) atoms. The lowest BCUT2D eigenvalue weighted by molar-refractivity contribution is -0.118. The van der Waals surface area contributed by atoms with Crippen molar-refractivity contribution in [2.45, 2.75) is 18.7 Å². The van der Waals surface area contributed by atoms with E-state index >= 15 is 0 Å². The van der Waals surface area contributed by atoms with Gasteiger partial charge in [-0.3, -0.25) is 4.79 Å². The second-order valence-corrected chi connectivity index (χ2v) is 2.73. The van der Waals surface area contributed by atoms with E-state index in [4.69, 9.17) is 16.3 Å². The van der Waals surface area contributed by atoms with Gasteiger partial charge in [-0.25, -0.2) is 0 Å². The van der Waals surface area contributed by atoms with Crippen molar-refractivity contribution >= 4 is 17.5 Å². The molecule has 1 aliphatic rings. The van der Waals surface area contributed by atoms with Gasteiger partial charge in [0.2, 0.25) is 0 Å². The van der Waals surface area contributed by atoms with Crippen molar-refractivity contribution in [2.24, 2.45) is 10.2 Å². The smallest absolute Gasteiger partial charge is 0.290 e. The van der Waals surface area contributed by atoms with Gasteiger partial charge in [-0.1, -0.05) is 6.92 Å². The summed E-state index contributed by atoms with van der Waals surface area (Å²) in [4.78, 5) is 10.9. The summed E-state index contributed by atoms with van der Waals surface area (Å²) in [6.45, 7) is 2.51. The number of hydrogen-bond donors (Lipinski definition) is 0. The predicted molar refractivity (Wildman–Crippen MR) is 43.8 cm³/mol. The summed E-state index contributed by atoms with van der Waals surface area (Å²) in [6.07, 6.45) is 2.24. The van der Waals surface area contributed by atoms with Crippen molar-refractivity contribution in [3.8, 4) is 0 Å². The molecule has 0 radical (unpaired) electrons. The van der Waals surface area contributed by atoms with E-state index in [0.29, 0.717) is 12.4 Å². The Morgan fingerprint density at radius 2 is 2.50 bits per heavy atom. The van der Waals surface area contributed by atoms with E-state index in [9.17, 15) is 4.79 Å². The first-order chi connectivity index (χ1) is 5.75. The van der Waals surface area contributed by atoms with Crippen LogP contribution in [0, 0.1) is 0 Å². The zero-order valence-electron chi connectivity index (χ0n) is 6.66. The van der Waals surface area contributed by atoms with Crippen LogP contribution in [0.25, 0.3) is 0 Å². The zero-order valence-corrected chi connectivity index (χ0v) is 7.41. The number of azo groups is 1. The molecular formula is C7H9ClN2O2. The largest absolute Gasteiger partial charge is 0.494 e. The van der Waals surface area contributed by atoms with Gasteiger partial charge in [-0.2, -0.15) is 5.11 Å². The number of ether oxygens (including phenoxy) is 1. The van der Waals surface area contributed by atoms with Crippen molar-refractivity contribution in [1.82, 2.24) is 0 Å². The van der Waals surface area contributed by atoms with Crippen molar-refractivity contribution < 1.29 is 9.53 Å². The van der Waals surface area contributed by atoms with E-state index in [1.54, 1.807) is 0 Å². The first-order valence-corrected chi connectivity index (χ1v) is 4.11. The van der Waals surface area contributed by atoms with E-state index < -0.39 is 11.3 Å². The average Bonchev–Trinajstić information content (AvgIpc) is 2.08. The van der Waals surface area contributed by atoms with Gasteiger partial charge in [-0.05, 0) is 6.42 Å². The van der Waals surface area contributed by atoms with Gasteiger partial charge in [0.05, 0.1) is 12.8 Å². The SMILES string of the molecule is CCCOC1=CN=NC(=O)C1Cl. The van der Waals surface area contributed by atoms with E-state index in [2.05, 4.69) is 10.2 Å². The first-order valence-electron chi connectivity index (χ1n) is 3.67. The summed E-state index contributed by atoms with van der Waals surface area (Å²) in [5.41, 5.74) is 0. The van der Waals surface area contributed by atoms with Crippen molar-refractivity contribution in [2.75, 3.05) is 6.61 Å². The Balaban J connectivity index is 2.57. The summed E-state index contributed by atoms with van der Waals surface area (Å²) >= 11 is 5.67. The Hall–Kier alpha value is -0.900. The lowest BCUT2D eigenvalue weighted by Crippen LogP contribution is -2.19. The van der Waals surface area contributed by atoms with Gasteiger partial charge in [-0.15, -0.1) is 16.7 Å². The molecule has 1 amide bonds. The topological polar surface area (TPSA) is 51.0 Å². The van der Waals surface area contributed by atoms with Gasteiger partial charge in [0, 0.05) is 0 Å². The molecule has 1 rings (SSSR count). The Bertz CT molecular complexity index is 238. The van der Waals surface area contributed by atoms with Crippen LogP contribution < -0.4 is 0 Å². The summed E-state index contributed by atoms with van der Waals surface area (Å²) < 4.78 is 5.17. The van der Waals surface area contributed by atoms with Crippen LogP contribution >= 0.6 is 11.6 Å². The molecule has 1 unspecified atom stereocenters. The fraction of sp³-hybridized carbons (Fsp3) is 0.571. The maximum atomic E-state index is 10.9. The summed E-state index contributed by atoms with van der Waals surface area (Å²) in [6, 6.07) is 0. The molecule has 0 fully saturated rings. The summed E-state index contributed by atoms with van der Waals surface area (Å²) in [5.74, 6) is -0.0798. The average molecular weight is 189 g/mol. The van der Waals surface area contributed by atoms with E-state index in [0.717, 1.165) is 6.42 Å². The molecule has 0 saturated heterocycles. The quantitative estimate of drug-likeness (QED) is 0.635. The lowest BCUT2D eigenvalue weighted by atomic mass is 10.3. The summed E-state index contributed by atoms with van der Waals surface area (Å²) in [7, 11) is 0. The van der Waals surface area contributed by atoms with E-state index in [1.165, 1.54) is 6.20 Å². The molecule has 5 heteroatoms. The van der Waals surface area contributed by atoms with Gasteiger partial charge in [0.25, 0.3) is 5.91 Å². The molecule has 0 N–H and O–H groups in total. The second-order valence-electron chi connectivity index (χ2n) is 2.30. The first kappa shape index (κ1) is 9.19. The van der Waals surface area contributed by atoms with E-state index in [-0.39, 0.29) is 0 Å². The summed E-state index contributed by atoms with van der Waals surface area (Å²) in [5, 5.41) is 5.92. The Morgan fingerprint density at radius 1 is 1.75 bits per heavy atom. The highest BCUT2D eigenvalue weighted by molar-refractivity contribution is 6.32. The van der Waals surface area contributed by atoms with Crippen LogP contribution in [0.5, 0.6) is 0 Å². The molecular weight excluding hydrogens is 180 g/mol. The van der Waals surface area contributed by atoms with Crippen LogP contribution in [0.2, 0.25) is 0 Å². The van der Waals surface area contributed by atoms with Crippen molar-refractivity contribution in [3.63, 3.8) is 0 Å². The fourth-order valence-corrected chi connectivity index (χ4v) is 0.874. The maximum Gasteiger partial charge on any atom is 0.290 e. The lowest BCUT2D eigenvalue weighted by Gasteiger charge is -2.12. The van der Waals surface area contributed by atoms with Crippen LogP contribution in [0.4, 0.5) is 0 Å². The monoisotopic (exact) mass is 188 g/mol. The number of amides is 1. The number of halogens is 1. The van der Waals surface area contributed by atoms with Crippen LogP contribution in [0.15, 0.2) is 22.2 Å². The van der Waals surface area contributed by atoms with Crippen LogP contribution in [-0.2, 0) is 9.53 Å².